The zero-order chi connectivity index (χ0) is 13.1. The Morgan fingerprint density at radius 3 is 2.83 bits per heavy atom. The quantitative estimate of drug-likeness (QED) is 0.942. The van der Waals surface area contributed by atoms with Crippen molar-refractivity contribution in [2.75, 3.05) is 5.32 Å². The monoisotopic (exact) mass is 328 g/mol. The molecular weight excluding hydrogens is 320 g/mol. The Bertz CT molecular complexity index is 554. The highest BCUT2D eigenvalue weighted by molar-refractivity contribution is 9.10. The fourth-order valence-corrected chi connectivity index (χ4v) is 1.71. The number of anilines is 1. The molecule has 1 amide bonds. The van der Waals surface area contributed by atoms with Crippen molar-refractivity contribution in [1.82, 2.24) is 14.8 Å². The Morgan fingerprint density at radius 1 is 1.50 bits per heavy atom. The molecule has 0 saturated heterocycles. The van der Waals surface area contributed by atoms with Gasteiger partial charge in [0.15, 0.2) is 0 Å². The van der Waals surface area contributed by atoms with Crippen LogP contribution in [0.15, 0.2) is 35.2 Å². The summed E-state index contributed by atoms with van der Waals surface area (Å²) in [5.41, 5.74) is 0. The molecule has 0 aliphatic carbocycles. The van der Waals surface area contributed by atoms with E-state index in [2.05, 4.69) is 31.3 Å². The molecule has 1 N–H and O–H groups in total. The van der Waals surface area contributed by atoms with E-state index in [1.807, 2.05) is 0 Å². The molecule has 7 heteroatoms. The molecule has 2 heterocycles. The second-order valence-electron chi connectivity index (χ2n) is 3.67. The topological polar surface area (TPSA) is 59.8 Å². The molecule has 94 valence electrons. The molecule has 0 fully saturated rings. The number of carbonyl (C=O) groups excluding carboxylic acids is 1. The lowest BCUT2D eigenvalue weighted by molar-refractivity contribution is -0.119. The van der Waals surface area contributed by atoms with Gasteiger partial charge in [0.25, 0.3) is 0 Å². The highest BCUT2D eigenvalue weighted by atomic mass is 79.9. The Hall–Kier alpha value is -1.40. The van der Waals surface area contributed by atoms with Gasteiger partial charge in [-0.3, -0.25) is 9.48 Å². The molecule has 0 radical (unpaired) electrons. The van der Waals surface area contributed by atoms with Crippen LogP contribution in [0.5, 0.6) is 0 Å². The first-order valence-corrected chi connectivity index (χ1v) is 6.35. The maximum absolute atomic E-state index is 11.9. The van der Waals surface area contributed by atoms with Crippen molar-refractivity contribution in [2.45, 2.75) is 13.0 Å². The summed E-state index contributed by atoms with van der Waals surface area (Å²) in [5.74, 6) is 0.290. The van der Waals surface area contributed by atoms with Crippen LogP contribution in [0, 0.1) is 0 Å². The second kappa shape index (κ2) is 5.49. The van der Waals surface area contributed by atoms with Crippen molar-refractivity contribution in [2.24, 2.45) is 0 Å². The smallest absolute Gasteiger partial charge is 0.250 e. The van der Waals surface area contributed by atoms with Crippen molar-refractivity contribution in [3.8, 4) is 0 Å². The summed E-state index contributed by atoms with van der Waals surface area (Å²) in [6.07, 6.45) is 4.70. The Kier molecular flexibility index (Phi) is 3.98. The van der Waals surface area contributed by atoms with Crippen molar-refractivity contribution in [3.05, 3.63) is 40.2 Å². The van der Waals surface area contributed by atoms with Crippen LogP contribution in [0.1, 0.15) is 13.0 Å². The molecule has 0 bridgehead atoms. The van der Waals surface area contributed by atoms with Crippen LogP contribution in [0.25, 0.3) is 0 Å². The molecule has 0 aliphatic heterocycles. The van der Waals surface area contributed by atoms with Crippen LogP contribution in [0.3, 0.4) is 0 Å². The molecule has 0 spiro atoms. The number of aromatic nitrogens is 3. The molecule has 0 aromatic carbocycles. The lowest BCUT2D eigenvalue weighted by Gasteiger charge is -2.11. The minimum Gasteiger partial charge on any atom is -0.309 e. The SMILES string of the molecule is CC(C(=O)Nc1ccc(Br)cn1)n1cc(Cl)cn1. The van der Waals surface area contributed by atoms with Crippen molar-refractivity contribution in [3.63, 3.8) is 0 Å². The molecule has 18 heavy (non-hydrogen) atoms. The predicted octanol–water partition coefficient (Wildman–Crippen LogP) is 2.89. The summed E-state index contributed by atoms with van der Waals surface area (Å²) in [4.78, 5) is 16.0. The Labute approximate surface area is 117 Å². The Balaban J connectivity index is 2.05. The van der Waals surface area contributed by atoms with Gasteiger partial charge in [0.05, 0.1) is 11.2 Å². The summed E-state index contributed by atoms with van der Waals surface area (Å²) in [7, 11) is 0. The van der Waals surface area contributed by atoms with Crippen LogP contribution in [-0.4, -0.2) is 20.7 Å². The van der Waals surface area contributed by atoms with E-state index in [9.17, 15) is 4.79 Å². The van der Waals surface area contributed by atoms with Crippen molar-refractivity contribution < 1.29 is 4.79 Å². The summed E-state index contributed by atoms with van der Waals surface area (Å²) in [6.45, 7) is 1.73. The third kappa shape index (κ3) is 3.08. The average molecular weight is 330 g/mol. The van der Waals surface area contributed by atoms with Crippen LogP contribution >= 0.6 is 27.5 Å². The minimum atomic E-state index is -0.456. The van der Waals surface area contributed by atoms with Crippen LogP contribution in [0.4, 0.5) is 5.82 Å². The maximum Gasteiger partial charge on any atom is 0.250 e. The molecule has 2 aromatic heterocycles. The second-order valence-corrected chi connectivity index (χ2v) is 5.02. The van der Waals surface area contributed by atoms with E-state index in [1.54, 1.807) is 31.5 Å². The van der Waals surface area contributed by atoms with Gasteiger partial charge in [-0.25, -0.2) is 4.98 Å². The molecule has 0 aliphatic rings. The molecule has 1 unspecified atom stereocenters. The number of nitrogens with zero attached hydrogens (tertiary/aromatic N) is 3. The van der Waals surface area contributed by atoms with Crippen molar-refractivity contribution >= 4 is 39.3 Å². The van der Waals surface area contributed by atoms with E-state index in [0.717, 1.165) is 4.47 Å². The number of hydrogen-bond acceptors (Lipinski definition) is 3. The largest absolute Gasteiger partial charge is 0.309 e. The number of rotatable bonds is 3. The van der Waals surface area contributed by atoms with Gasteiger partial charge in [-0.05, 0) is 35.0 Å². The molecule has 2 rings (SSSR count). The van der Waals surface area contributed by atoms with Gasteiger partial charge in [0, 0.05) is 16.9 Å². The number of nitrogens with one attached hydrogen (secondary N) is 1. The molecule has 2 aromatic rings. The summed E-state index contributed by atoms with van der Waals surface area (Å²) < 4.78 is 2.35. The predicted molar refractivity (Wildman–Crippen MR) is 72.5 cm³/mol. The fraction of sp³-hybridized carbons (Fsp3) is 0.182. The number of halogens is 2. The highest BCUT2D eigenvalue weighted by Crippen LogP contribution is 2.14. The standard InChI is InChI=1S/C11H10BrClN4O/c1-7(17-6-9(13)5-15-17)11(18)16-10-3-2-8(12)4-14-10/h2-7H,1H3,(H,14,16,18). The van der Waals surface area contributed by atoms with Gasteiger partial charge in [0.2, 0.25) is 5.91 Å². The first-order valence-electron chi connectivity index (χ1n) is 5.18. The highest BCUT2D eigenvalue weighted by Gasteiger charge is 2.16. The summed E-state index contributed by atoms with van der Waals surface area (Å²) >= 11 is 9.03. The van der Waals surface area contributed by atoms with E-state index in [1.165, 1.54) is 10.9 Å². The van der Waals surface area contributed by atoms with E-state index >= 15 is 0 Å². The molecule has 5 nitrogen and oxygen atoms in total. The lowest BCUT2D eigenvalue weighted by Crippen LogP contribution is -2.24. The zero-order valence-electron chi connectivity index (χ0n) is 9.47. The zero-order valence-corrected chi connectivity index (χ0v) is 11.8. The van der Waals surface area contributed by atoms with Crippen LogP contribution in [0.2, 0.25) is 5.02 Å². The van der Waals surface area contributed by atoms with Crippen LogP contribution in [-0.2, 0) is 4.79 Å². The van der Waals surface area contributed by atoms with Crippen LogP contribution < -0.4 is 5.32 Å². The fourth-order valence-electron chi connectivity index (χ4n) is 1.33. The van der Waals surface area contributed by atoms with Gasteiger partial charge >= 0.3 is 0 Å². The minimum absolute atomic E-state index is 0.204. The van der Waals surface area contributed by atoms with Gasteiger partial charge < -0.3 is 5.32 Å². The van der Waals surface area contributed by atoms with E-state index in [-0.39, 0.29) is 5.91 Å². The third-order valence-electron chi connectivity index (χ3n) is 2.32. The summed E-state index contributed by atoms with van der Waals surface area (Å²) in [6, 6.07) is 3.06. The van der Waals surface area contributed by atoms with Gasteiger partial charge in [-0.2, -0.15) is 5.10 Å². The number of pyridine rings is 1. The third-order valence-corrected chi connectivity index (χ3v) is 2.99. The normalized spacial score (nSPS) is 12.2. The van der Waals surface area contributed by atoms with Crippen molar-refractivity contribution in [1.29, 1.82) is 0 Å². The summed E-state index contributed by atoms with van der Waals surface area (Å²) in [5, 5.41) is 7.19. The number of amides is 1. The van der Waals surface area contributed by atoms with E-state index in [4.69, 9.17) is 11.6 Å². The molecular formula is C11H10BrClN4O. The molecule has 0 saturated carbocycles. The Morgan fingerprint density at radius 2 is 2.28 bits per heavy atom. The maximum atomic E-state index is 11.9. The van der Waals surface area contributed by atoms with Gasteiger partial charge in [-0.15, -0.1) is 0 Å². The van der Waals surface area contributed by atoms with E-state index < -0.39 is 6.04 Å². The van der Waals surface area contributed by atoms with Gasteiger partial charge in [-0.1, -0.05) is 11.6 Å². The lowest BCUT2D eigenvalue weighted by atomic mass is 10.3. The first kappa shape index (κ1) is 13.0. The number of hydrogen-bond donors (Lipinski definition) is 1. The molecule has 1 atom stereocenters. The van der Waals surface area contributed by atoms with Gasteiger partial charge in [0.1, 0.15) is 11.9 Å². The average Bonchev–Trinajstić information content (AvgIpc) is 2.78. The first-order chi connectivity index (χ1) is 8.56. The van der Waals surface area contributed by atoms with E-state index in [0.29, 0.717) is 10.8 Å². The number of carbonyl (C=O) groups is 1.